The second-order valence-corrected chi connectivity index (χ2v) is 5.66. The summed E-state index contributed by atoms with van der Waals surface area (Å²) in [4.78, 5) is 11.9. The number of nitrogens with one attached hydrogen (secondary N) is 2. The smallest absolute Gasteiger partial charge is 0.416 e. The summed E-state index contributed by atoms with van der Waals surface area (Å²) in [5.41, 5.74) is 0.356. The van der Waals surface area contributed by atoms with Crippen LogP contribution in [0.15, 0.2) is 42.5 Å². The Morgan fingerprint density at radius 3 is 2.31 bits per heavy atom. The van der Waals surface area contributed by atoms with Crippen molar-refractivity contribution < 1.29 is 27.4 Å². The molecule has 8 heteroatoms. The highest BCUT2D eigenvalue weighted by Crippen LogP contribution is 2.32. The molecule has 1 aliphatic rings. The monoisotopic (exact) mass is 366 g/mol. The average Bonchev–Trinajstić information content (AvgIpc) is 2.61. The van der Waals surface area contributed by atoms with E-state index in [1.165, 1.54) is 12.1 Å². The number of carbonyl (C=O) groups excluding carboxylic acids is 1. The first kappa shape index (κ1) is 17.9. The van der Waals surface area contributed by atoms with E-state index in [0.29, 0.717) is 36.9 Å². The predicted octanol–water partition coefficient (Wildman–Crippen LogP) is 3.92. The van der Waals surface area contributed by atoms with Gasteiger partial charge in [0.2, 0.25) is 5.91 Å². The van der Waals surface area contributed by atoms with E-state index in [1.54, 1.807) is 12.1 Å². The van der Waals surface area contributed by atoms with Gasteiger partial charge in [-0.1, -0.05) is 0 Å². The van der Waals surface area contributed by atoms with Gasteiger partial charge >= 0.3 is 6.18 Å². The number of anilines is 2. The third-order valence-corrected chi connectivity index (χ3v) is 3.72. The molecule has 0 saturated heterocycles. The summed E-state index contributed by atoms with van der Waals surface area (Å²) in [5.74, 6) is 1.03. The van der Waals surface area contributed by atoms with Gasteiger partial charge in [-0.25, -0.2) is 0 Å². The Bertz CT molecular complexity index is 776. The Kier molecular flexibility index (Phi) is 5.20. The average molecular weight is 366 g/mol. The molecule has 0 unspecified atom stereocenters. The lowest BCUT2D eigenvalue weighted by Gasteiger charge is -2.19. The van der Waals surface area contributed by atoms with E-state index < -0.39 is 11.7 Å². The molecule has 26 heavy (non-hydrogen) atoms. The molecule has 1 aliphatic heterocycles. The highest BCUT2D eigenvalue weighted by molar-refractivity contribution is 5.91. The highest BCUT2D eigenvalue weighted by atomic mass is 19.4. The van der Waals surface area contributed by atoms with Crippen LogP contribution >= 0.6 is 0 Å². The molecule has 5 nitrogen and oxygen atoms in total. The van der Waals surface area contributed by atoms with Crippen LogP contribution in [-0.4, -0.2) is 25.7 Å². The predicted molar refractivity (Wildman–Crippen MR) is 90.6 cm³/mol. The summed E-state index contributed by atoms with van der Waals surface area (Å²) in [6.45, 7) is 1.38. The number of hydrogen-bond acceptors (Lipinski definition) is 4. The molecule has 2 aromatic rings. The molecule has 0 saturated carbocycles. The van der Waals surface area contributed by atoms with Crippen molar-refractivity contribution in [1.29, 1.82) is 0 Å². The van der Waals surface area contributed by atoms with E-state index in [2.05, 4.69) is 10.6 Å². The second kappa shape index (κ2) is 7.55. The van der Waals surface area contributed by atoms with E-state index in [-0.39, 0.29) is 12.3 Å². The van der Waals surface area contributed by atoms with Crippen molar-refractivity contribution in [3.05, 3.63) is 48.0 Å². The van der Waals surface area contributed by atoms with E-state index in [1.807, 2.05) is 6.07 Å². The molecule has 0 radical (unpaired) electrons. The number of rotatable bonds is 5. The molecule has 0 fully saturated rings. The van der Waals surface area contributed by atoms with Crippen LogP contribution in [0.25, 0.3) is 0 Å². The lowest BCUT2D eigenvalue weighted by molar-refractivity contribution is -0.137. The van der Waals surface area contributed by atoms with E-state index in [9.17, 15) is 18.0 Å². The van der Waals surface area contributed by atoms with Gasteiger partial charge in [0.25, 0.3) is 0 Å². The van der Waals surface area contributed by atoms with Gasteiger partial charge in [0, 0.05) is 30.4 Å². The number of halogens is 3. The van der Waals surface area contributed by atoms with Crippen LogP contribution in [-0.2, 0) is 11.0 Å². The van der Waals surface area contributed by atoms with E-state index in [4.69, 9.17) is 9.47 Å². The fourth-order valence-corrected chi connectivity index (χ4v) is 2.44. The van der Waals surface area contributed by atoms with Crippen molar-refractivity contribution in [2.24, 2.45) is 0 Å². The van der Waals surface area contributed by atoms with Crippen molar-refractivity contribution in [1.82, 2.24) is 0 Å². The topological polar surface area (TPSA) is 59.6 Å². The lowest BCUT2D eigenvalue weighted by Crippen LogP contribution is -2.17. The molecule has 0 spiro atoms. The molecule has 0 bridgehead atoms. The number of hydrogen-bond donors (Lipinski definition) is 2. The van der Waals surface area contributed by atoms with Gasteiger partial charge in [-0.15, -0.1) is 0 Å². The molecule has 2 N–H and O–H groups in total. The maximum absolute atomic E-state index is 12.5. The molecule has 0 atom stereocenters. The summed E-state index contributed by atoms with van der Waals surface area (Å²) in [6.07, 6.45) is -4.23. The molecule has 138 valence electrons. The summed E-state index contributed by atoms with van der Waals surface area (Å²) in [6, 6.07) is 9.73. The number of amides is 1. The first-order valence-corrected chi connectivity index (χ1v) is 8.02. The van der Waals surface area contributed by atoms with E-state index >= 15 is 0 Å². The van der Waals surface area contributed by atoms with Crippen molar-refractivity contribution in [2.75, 3.05) is 30.4 Å². The summed E-state index contributed by atoms with van der Waals surface area (Å²) < 4.78 is 48.4. The molecule has 1 amide bonds. The van der Waals surface area contributed by atoms with Crippen LogP contribution in [0.2, 0.25) is 0 Å². The van der Waals surface area contributed by atoms with Crippen LogP contribution in [0.5, 0.6) is 11.5 Å². The van der Waals surface area contributed by atoms with Crippen molar-refractivity contribution >= 4 is 17.3 Å². The highest BCUT2D eigenvalue weighted by Gasteiger charge is 2.29. The normalized spacial score (nSPS) is 13.2. The van der Waals surface area contributed by atoms with Crippen molar-refractivity contribution in [2.45, 2.75) is 12.6 Å². The number of benzene rings is 2. The SMILES string of the molecule is O=C(CCNc1ccc2c(c1)OCCO2)Nc1ccc(C(F)(F)F)cc1. The second-order valence-electron chi connectivity index (χ2n) is 5.66. The standard InChI is InChI=1S/C18H17F3N2O3/c19-18(20,21)12-1-3-13(4-2-12)23-17(24)7-8-22-14-5-6-15-16(11-14)26-10-9-25-15/h1-6,11,22H,7-10H2,(H,23,24). The largest absolute Gasteiger partial charge is 0.486 e. The number of alkyl halides is 3. The van der Waals surface area contributed by atoms with Crippen LogP contribution in [0.4, 0.5) is 24.5 Å². The third-order valence-electron chi connectivity index (χ3n) is 3.72. The van der Waals surface area contributed by atoms with Crippen molar-refractivity contribution in [3.8, 4) is 11.5 Å². The summed E-state index contributed by atoms with van der Waals surface area (Å²) >= 11 is 0. The fraction of sp³-hybridized carbons (Fsp3) is 0.278. The molecule has 0 aromatic heterocycles. The minimum Gasteiger partial charge on any atom is -0.486 e. The minimum atomic E-state index is -4.39. The molecular formula is C18H17F3N2O3. The zero-order chi connectivity index (χ0) is 18.6. The van der Waals surface area contributed by atoms with Gasteiger partial charge in [-0.2, -0.15) is 13.2 Å². The van der Waals surface area contributed by atoms with Crippen molar-refractivity contribution in [3.63, 3.8) is 0 Å². The summed E-state index contributed by atoms with van der Waals surface area (Å²) in [5, 5.41) is 5.66. The Morgan fingerprint density at radius 1 is 0.962 bits per heavy atom. The quantitative estimate of drug-likeness (QED) is 0.842. The Hall–Kier alpha value is -2.90. The lowest BCUT2D eigenvalue weighted by atomic mass is 10.2. The zero-order valence-electron chi connectivity index (χ0n) is 13.7. The maximum Gasteiger partial charge on any atom is 0.416 e. The Morgan fingerprint density at radius 2 is 1.62 bits per heavy atom. The van der Waals surface area contributed by atoms with Crippen LogP contribution < -0.4 is 20.1 Å². The first-order valence-electron chi connectivity index (χ1n) is 8.02. The number of fused-ring (bicyclic) bond motifs is 1. The fourth-order valence-electron chi connectivity index (χ4n) is 2.44. The molecule has 0 aliphatic carbocycles. The number of ether oxygens (including phenoxy) is 2. The Balaban J connectivity index is 1.47. The number of carbonyl (C=O) groups is 1. The van der Waals surface area contributed by atoms with Gasteiger partial charge in [-0.3, -0.25) is 4.79 Å². The van der Waals surface area contributed by atoms with Gasteiger partial charge in [0.05, 0.1) is 5.56 Å². The van der Waals surface area contributed by atoms with Crippen LogP contribution in [0, 0.1) is 0 Å². The molecular weight excluding hydrogens is 349 g/mol. The van der Waals surface area contributed by atoms with Gasteiger partial charge < -0.3 is 20.1 Å². The molecule has 1 heterocycles. The molecule has 3 rings (SSSR count). The van der Waals surface area contributed by atoms with Gasteiger partial charge in [0.1, 0.15) is 13.2 Å². The van der Waals surface area contributed by atoms with Crippen LogP contribution in [0.3, 0.4) is 0 Å². The van der Waals surface area contributed by atoms with E-state index in [0.717, 1.165) is 17.8 Å². The first-order chi connectivity index (χ1) is 12.4. The van der Waals surface area contributed by atoms with Gasteiger partial charge in [0.15, 0.2) is 11.5 Å². The Labute approximate surface area is 148 Å². The van der Waals surface area contributed by atoms with Crippen LogP contribution in [0.1, 0.15) is 12.0 Å². The maximum atomic E-state index is 12.5. The van der Waals surface area contributed by atoms with Gasteiger partial charge in [-0.05, 0) is 36.4 Å². The molecule has 2 aromatic carbocycles. The minimum absolute atomic E-state index is 0.162. The zero-order valence-corrected chi connectivity index (χ0v) is 13.7. The third kappa shape index (κ3) is 4.59. The summed E-state index contributed by atoms with van der Waals surface area (Å²) in [7, 11) is 0.